The van der Waals surface area contributed by atoms with Crippen LogP contribution in [0.5, 0.6) is 0 Å². The van der Waals surface area contributed by atoms with Crippen LogP contribution in [0.4, 0.5) is 0 Å². The zero-order valence-corrected chi connectivity index (χ0v) is 13.9. The molecule has 5 rings (SSSR count). The third-order valence-corrected chi connectivity index (χ3v) is 5.16. The lowest BCUT2D eigenvalue weighted by molar-refractivity contribution is -0.660. The third kappa shape index (κ3) is 1.73. The highest BCUT2D eigenvalue weighted by Crippen LogP contribution is 2.40. The Hall–Kier alpha value is -2.93. The summed E-state index contributed by atoms with van der Waals surface area (Å²) in [6.45, 7) is 2.22. The van der Waals surface area contributed by atoms with Gasteiger partial charge >= 0.3 is 0 Å². The molecule has 0 saturated heterocycles. The third-order valence-electron chi connectivity index (χ3n) is 5.16. The van der Waals surface area contributed by atoms with Crippen LogP contribution in [0, 0.1) is 6.92 Å². The molecule has 5 aromatic rings. The minimum atomic E-state index is 1.26. The highest BCUT2D eigenvalue weighted by atomic mass is 14.9. The first-order valence-corrected chi connectivity index (χ1v) is 8.36. The van der Waals surface area contributed by atoms with Crippen LogP contribution >= 0.6 is 0 Å². The van der Waals surface area contributed by atoms with E-state index in [1.54, 1.807) is 0 Å². The number of hydrogen-bond donors (Lipinski definition) is 0. The molecule has 0 unspecified atom stereocenters. The Morgan fingerprint density at radius 3 is 2.25 bits per heavy atom. The zero-order chi connectivity index (χ0) is 16.3. The molecule has 0 radical (unpaired) electrons. The van der Waals surface area contributed by atoms with E-state index in [0.717, 1.165) is 0 Å². The van der Waals surface area contributed by atoms with Crippen molar-refractivity contribution in [1.29, 1.82) is 0 Å². The molecule has 0 saturated carbocycles. The Morgan fingerprint density at radius 2 is 1.46 bits per heavy atom. The Bertz CT molecular complexity index is 1200. The van der Waals surface area contributed by atoms with Gasteiger partial charge in [-0.15, -0.1) is 0 Å². The van der Waals surface area contributed by atoms with Gasteiger partial charge in [0.05, 0.1) is 5.56 Å². The number of nitrogens with zero attached hydrogens (tertiary/aromatic N) is 1. The summed E-state index contributed by atoms with van der Waals surface area (Å²) in [5, 5.41) is 8.07. The monoisotopic (exact) mass is 308 g/mol. The number of rotatable bonds is 1. The second-order valence-corrected chi connectivity index (χ2v) is 6.62. The van der Waals surface area contributed by atoms with E-state index in [4.69, 9.17) is 0 Å². The van der Waals surface area contributed by atoms with Gasteiger partial charge in [-0.2, -0.15) is 0 Å². The van der Waals surface area contributed by atoms with Gasteiger partial charge in [-0.1, -0.05) is 48.5 Å². The molecule has 114 valence electrons. The molecule has 0 aliphatic heterocycles. The van der Waals surface area contributed by atoms with E-state index in [1.165, 1.54) is 49.1 Å². The predicted molar refractivity (Wildman–Crippen MR) is 101 cm³/mol. The molecule has 1 heterocycles. The van der Waals surface area contributed by atoms with Crippen molar-refractivity contribution in [2.75, 3.05) is 0 Å². The summed E-state index contributed by atoms with van der Waals surface area (Å²) < 4.78 is 2.21. The van der Waals surface area contributed by atoms with E-state index in [2.05, 4.69) is 91.5 Å². The summed E-state index contributed by atoms with van der Waals surface area (Å²) in [6.07, 6.45) is 2.12. The number of aromatic nitrogens is 1. The molecule has 0 aliphatic rings. The number of pyridine rings is 1. The minimum absolute atomic E-state index is 1.26. The van der Waals surface area contributed by atoms with Crippen LogP contribution in [0.3, 0.4) is 0 Å². The Kier molecular flexibility index (Phi) is 2.69. The van der Waals surface area contributed by atoms with Crippen molar-refractivity contribution < 1.29 is 4.57 Å². The van der Waals surface area contributed by atoms with Gasteiger partial charge in [0.25, 0.3) is 0 Å². The van der Waals surface area contributed by atoms with Crippen LogP contribution < -0.4 is 4.57 Å². The fourth-order valence-electron chi connectivity index (χ4n) is 4.08. The Morgan fingerprint density at radius 1 is 0.708 bits per heavy atom. The SMILES string of the molecule is Cc1cc2ccc3cccc4ccc(c1-c1cccc[n+]1C)c2c34. The van der Waals surface area contributed by atoms with E-state index >= 15 is 0 Å². The number of benzene rings is 4. The first-order chi connectivity index (χ1) is 11.7. The summed E-state index contributed by atoms with van der Waals surface area (Å²) in [6, 6.07) is 24.3. The zero-order valence-electron chi connectivity index (χ0n) is 13.9. The average Bonchev–Trinajstić information content (AvgIpc) is 2.60. The lowest BCUT2D eigenvalue weighted by Crippen LogP contribution is -2.30. The van der Waals surface area contributed by atoms with E-state index in [1.807, 2.05) is 0 Å². The van der Waals surface area contributed by atoms with Crippen molar-refractivity contribution in [2.24, 2.45) is 7.05 Å². The van der Waals surface area contributed by atoms with Crippen molar-refractivity contribution in [3.63, 3.8) is 0 Å². The van der Waals surface area contributed by atoms with Crippen molar-refractivity contribution >= 4 is 32.3 Å². The summed E-state index contributed by atoms with van der Waals surface area (Å²) >= 11 is 0. The quantitative estimate of drug-likeness (QED) is 0.289. The highest BCUT2D eigenvalue weighted by Gasteiger charge is 2.18. The first-order valence-electron chi connectivity index (χ1n) is 8.36. The maximum Gasteiger partial charge on any atom is 0.213 e. The molecule has 1 heteroatoms. The van der Waals surface area contributed by atoms with E-state index in [-0.39, 0.29) is 0 Å². The molecule has 0 fully saturated rings. The largest absolute Gasteiger partial charge is 0.213 e. The lowest BCUT2D eigenvalue weighted by atomic mass is 9.88. The van der Waals surface area contributed by atoms with Crippen molar-refractivity contribution in [3.05, 3.63) is 78.5 Å². The molecule has 0 amide bonds. The summed E-state index contributed by atoms with van der Waals surface area (Å²) in [5.41, 5.74) is 3.92. The van der Waals surface area contributed by atoms with Gasteiger partial charge in [0, 0.05) is 12.1 Å². The topological polar surface area (TPSA) is 3.88 Å². The van der Waals surface area contributed by atoms with Crippen LogP contribution in [0.25, 0.3) is 43.6 Å². The molecule has 1 nitrogen and oxygen atoms in total. The maximum atomic E-state index is 2.33. The lowest BCUT2D eigenvalue weighted by Gasteiger charge is -2.15. The Balaban J connectivity index is 2.05. The van der Waals surface area contributed by atoms with Gasteiger partial charge in [0.15, 0.2) is 6.20 Å². The van der Waals surface area contributed by atoms with Gasteiger partial charge < -0.3 is 0 Å². The molecule has 0 spiro atoms. The molecule has 0 bridgehead atoms. The van der Waals surface area contributed by atoms with E-state index < -0.39 is 0 Å². The standard InChI is InChI=1S/C23H18N/c1-15-14-18-10-9-16-6-5-7-17-11-12-19(23(18)22(16)17)21(15)20-8-3-4-13-24(20)2/h3-14H,1-2H3/q+1. The smallest absolute Gasteiger partial charge is 0.201 e. The second kappa shape index (κ2) is 4.78. The minimum Gasteiger partial charge on any atom is -0.201 e. The van der Waals surface area contributed by atoms with Crippen LogP contribution in [-0.4, -0.2) is 0 Å². The normalized spacial score (nSPS) is 11.8. The van der Waals surface area contributed by atoms with Gasteiger partial charge in [-0.3, -0.25) is 0 Å². The van der Waals surface area contributed by atoms with Crippen molar-refractivity contribution in [1.82, 2.24) is 0 Å². The maximum absolute atomic E-state index is 2.33. The summed E-state index contributed by atoms with van der Waals surface area (Å²) in [7, 11) is 2.12. The predicted octanol–water partition coefficient (Wildman–Crippen LogP) is 5.38. The van der Waals surface area contributed by atoms with Gasteiger partial charge in [-0.05, 0) is 50.9 Å². The molecule has 1 aromatic heterocycles. The highest BCUT2D eigenvalue weighted by molar-refractivity contribution is 6.25. The molecule has 4 aromatic carbocycles. The van der Waals surface area contributed by atoms with Gasteiger partial charge in [0.2, 0.25) is 5.69 Å². The summed E-state index contributed by atoms with van der Waals surface area (Å²) in [4.78, 5) is 0. The number of hydrogen-bond acceptors (Lipinski definition) is 0. The molecule has 24 heavy (non-hydrogen) atoms. The molecule has 0 N–H and O–H groups in total. The fraction of sp³-hybridized carbons (Fsp3) is 0.0870. The van der Waals surface area contributed by atoms with E-state index in [0.29, 0.717) is 0 Å². The summed E-state index contributed by atoms with van der Waals surface area (Å²) in [5.74, 6) is 0. The fourth-order valence-corrected chi connectivity index (χ4v) is 4.08. The second-order valence-electron chi connectivity index (χ2n) is 6.62. The van der Waals surface area contributed by atoms with Crippen LogP contribution in [0.1, 0.15) is 5.56 Å². The van der Waals surface area contributed by atoms with Crippen molar-refractivity contribution in [3.8, 4) is 11.3 Å². The Labute approximate surface area is 141 Å². The van der Waals surface area contributed by atoms with Crippen molar-refractivity contribution in [2.45, 2.75) is 6.92 Å². The first kappa shape index (κ1) is 13.5. The van der Waals surface area contributed by atoms with Gasteiger partial charge in [-0.25, -0.2) is 4.57 Å². The molecule has 0 atom stereocenters. The van der Waals surface area contributed by atoms with E-state index in [9.17, 15) is 0 Å². The molecular formula is C23H18N+. The average molecular weight is 308 g/mol. The van der Waals surface area contributed by atoms with Crippen LogP contribution in [0.2, 0.25) is 0 Å². The molecule has 0 aliphatic carbocycles. The van der Waals surface area contributed by atoms with Gasteiger partial charge in [0.1, 0.15) is 7.05 Å². The number of aryl methyl sites for hydroxylation is 2. The van der Waals surface area contributed by atoms with Crippen LogP contribution in [-0.2, 0) is 7.05 Å². The van der Waals surface area contributed by atoms with Crippen LogP contribution in [0.15, 0.2) is 72.9 Å². The molecular weight excluding hydrogens is 290 g/mol.